The van der Waals surface area contributed by atoms with Crippen molar-refractivity contribution >= 4 is 5.84 Å². The molecule has 0 radical (unpaired) electrons. The Kier molecular flexibility index (Phi) is 4.53. The predicted molar refractivity (Wildman–Crippen MR) is 85.6 cm³/mol. The molecule has 5 heteroatoms. The molecule has 0 atom stereocenters. The van der Waals surface area contributed by atoms with E-state index in [1.54, 1.807) is 19.5 Å². The summed E-state index contributed by atoms with van der Waals surface area (Å²) < 4.78 is 11.5. The van der Waals surface area contributed by atoms with Crippen LogP contribution in [0.1, 0.15) is 17.5 Å². The Hall–Kier alpha value is -2.56. The number of aromatic nitrogens is 1. The minimum absolute atomic E-state index is 0.461. The fraction of sp³-hybridized carbons (Fsp3) is 0.294. The summed E-state index contributed by atoms with van der Waals surface area (Å²) in [5, 5.41) is 3.33. The van der Waals surface area contributed by atoms with Crippen LogP contribution in [-0.2, 0) is 6.61 Å². The van der Waals surface area contributed by atoms with Crippen LogP contribution in [0.25, 0.3) is 0 Å². The number of pyridine rings is 1. The first-order valence-electron chi connectivity index (χ1n) is 7.36. The molecule has 5 nitrogen and oxygen atoms in total. The van der Waals surface area contributed by atoms with Crippen LogP contribution < -0.4 is 14.8 Å². The second-order valence-corrected chi connectivity index (χ2v) is 4.99. The highest BCUT2D eigenvalue weighted by atomic mass is 16.5. The molecule has 0 saturated heterocycles. The van der Waals surface area contributed by atoms with Crippen LogP contribution in [0, 0.1) is 0 Å². The van der Waals surface area contributed by atoms with Crippen LogP contribution in [0.2, 0.25) is 0 Å². The number of methoxy groups -OCH3 is 1. The maximum Gasteiger partial charge on any atom is 0.172 e. The van der Waals surface area contributed by atoms with Crippen LogP contribution >= 0.6 is 0 Å². The Balaban J connectivity index is 1.88. The van der Waals surface area contributed by atoms with Gasteiger partial charge in [0.2, 0.25) is 0 Å². The molecule has 0 unspecified atom stereocenters. The third-order valence-corrected chi connectivity index (χ3v) is 3.48. The molecule has 22 heavy (non-hydrogen) atoms. The molecule has 0 aliphatic carbocycles. The van der Waals surface area contributed by atoms with Gasteiger partial charge >= 0.3 is 0 Å². The molecule has 1 aromatic heterocycles. The van der Waals surface area contributed by atoms with Gasteiger partial charge in [-0.15, -0.1) is 0 Å². The van der Waals surface area contributed by atoms with Crippen molar-refractivity contribution in [1.29, 1.82) is 0 Å². The van der Waals surface area contributed by atoms with E-state index >= 15 is 0 Å². The zero-order valence-corrected chi connectivity index (χ0v) is 12.6. The number of hydrogen-bond acceptors (Lipinski definition) is 5. The second kappa shape index (κ2) is 6.93. The molecule has 1 aliphatic rings. The molecule has 1 N–H and O–H groups in total. The van der Waals surface area contributed by atoms with Crippen LogP contribution in [0.3, 0.4) is 0 Å². The minimum Gasteiger partial charge on any atom is -0.493 e. The Morgan fingerprint density at radius 3 is 2.77 bits per heavy atom. The first-order valence-corrected chi connectivity index (χ1v) is 7.36. The molecule has 2 heterocycles. The monoisotopic (exact) mass is 297 g/mol. The van der Waals surface area contributed by atoms with Crippen LogP contribution in [-0.4, -0.2) is 31.0 Å². The number of amidine groups is 1. The Bertz CT molecular complexity index is 656. The summed E-state index contributed by atoms with van der Waals surface area (Å²) >= 11 is 0. The average Bonchev–Trinajstić information content (AvgIpc) is 2.61. The van der Waals surface area contributed by atoms with E-state index in [1.165, 1.54) is 0 Å². The normalized spacial score (nSPS) is 14.0. The number of nitrogens with one attached hydrogen (secondary N) is 1. The van der Waals surface area contributed by atoms with Crippen LogP contribution in [0.15, 0.2) is 47.7 Å². The van der Waals surface area contributed by atoms with Crippen molar-refractivity contribution in [3.8, 4) is 11.5 Å². The lowest BCUT2D eigenvalue weighted by molar-refractivity contribution is 0.283. The Labute approximate surface area is 130 Å². The fourth-order valence-corrected chi connectivity index (χ4v) is 2.36. The highest BCUT2D eigenvalue weighted by molar-refractivity contribution is 6.02. The molecule has 0 amide bonds. The zero-order valence-electron chi connectivity index (χ0n) is 12.6. The van der Waals surface area contributed by atoms with Gasteiger partial charge in [-0.1, -0.05) is 6.07 Å². The molecule has 2 aromatic rings. The van der Waals surface area contributed by atoms with Gasteiger partial charge < -0.3 is 14.8 Å². The molecule has 0 saturated carbocycles. The fourth-order valence-electron chi connectivity index (χ4n) is 2.36. The predicted octanol–water partition coefficient (Wildman–Crippen LogP) is 2.41. The molecular weight excluding hydrogens is 278 g/mol. The summed E-state index contributed by atoms with van der Waals surface area (Å²) in [5.74, 6) is 2.30. The van der Waals surface area contributed by atoms with Gasteiger partial charge in [-0.2, -0.15) is 0 Å². The largest absolute Gasteiger partial charge is 0.493 e. The first-order chi connectivity index (χ1) is 10.9. The lowest BCUT2D eigenvalue weighted by atomic mass is 10.1. The van der Waals surface area contributed by atoms with Gasteiger partial charge in [-0.25, -0.2) is 0 Å². The van der Waals surface area contributed by atoms with Gasteiger partial charge in [-0.3, -0.25) is 9.98 Å². The van der Waals surface area contributed by atoms with Crippen molar-refractivity contribution in [1.82, 2.24) is 10.3 Å². The summed E-state index contributed by atoms with van der Waals surface area (Å²) in [7, 11) is 1.65. The van der Waals surface area contributed by atoms with Gasteiger partial charge in [0.05, 0.1) is 12.7 Å². The summed E-state index contributed by atoms with van der Waals surface area (Å²) in [5.41, 5.74) is 2.00. The highest BCUT2D eigenvalue weighted by Crippen LogP contribution is 2.32. The van der Waals surface area contributed by atoms with E-state index in [4.69, 9.17) is 9.47 Å². The van der Waals surface area contributed by atoms with E-state index < -0.39 is 0 Å². The van der Waals surface area contributed by atoms with Crippen molar-refractivity contribution in [2.24, 2.45) is 4.99 Å². The molecule has 1 aliphatic heterocycles. The van der Waals surface area contributed by atoms with E-state index in [-0.39, 0.29) is 0 Å². The number of ether oxygens (including phenoxy) is 2. The lowest BCUT2D eigenvalue weighted by Gasteiger charge is -2.19. The highest BCUT2D eigenvalue weighted by Gasteiger charge is 2.17. The van der Waals surface area contributed by atoms with Gasteiger partial charge in [0.1, 0.15) is 12.4 Å². The smallest absolute Gasteiger partial charge is 0.172 e. The molecule has 1 aromatic carbocycles. The van der Waals surface area contributed by atoms with Crippen LogP contribution in [0.4, 0.5) is 0 Å². The maximum atomic E-state index is 6.02. The van der Waals surface area contributed by atoms with Gasteiger partial charge in [0.25, 0.3) is 0 Å². The van der Waals surface area contributed by atoms with Crippen molar-refractivity contribution in [2.45, 2.75) is 13.0 Å². The van der Waals surface area contributed by atoms with E-state index in [2.05, 4.69) is 15.3 Å². The third kappa shape index (κ3) is 3.19. The first kappa shape index (κ1) is 14.4. The van der Waals surface area contributed by atoms with E-state index in [9.17, 15) is 0 Å². The zero-order chi connectivity index (χ0) is 15.2. The van der Waals surface area contributed by atoms with E-state index in [1.807, 2.05) is 30.3 Å². The number of hydrogen-bond donors (Lipinski definition) is 1. The van der Waals surface area contributed by atoms with Crippen molar-refractivity contribution in [3.05, 3.63) is 53.9 Å². The summed E-state index contributed by atoms with van der Waals surface area (Å²) in [4.78, 5) is 8.57. The third-order valence-electron chi connectivity index (χ3n) is 3.48. The molecule has 3 rings (SSSR count). The summed E-state index contributed by atoms with van der Waals surface area (Å²) in [6, 6.07) is 9.72. The topological polar surface area (TPSA) is 55.7 Å². The standard InChI is InChI=1S/C17H19N3O2/c1-21-15-5-2-4-14(17-19-8-3-9-20-17)16(15)22-12-13-6-10-18-11-7-13/h2,4-7,10-11H,3,8-9,12H2,1H3,(H,19,20). The SMILES string of the molecule is COc1cccc(C2=NCCCN2)c1OCc1ccncc1. The van der Waals surface area contributed by atoms with E-state index in [0.717, 1.165) is 42.2 Å². The van der Waals surface area contributed by atoms with Crippen LogP contribution in [0.5, 0.6) is 11.5 Å². The Morgan fingerprint density at radius 1 is 1.18 bits per heavy atom. The lowest BCUT2D eigenvalue weighted by Crippen LogP contribution is -2.30. The second-order valence-electron chi connectivity index (χ2n) is 4.99. The minimum atomic E-state index is 0.461. The van der Waals surface area contributed by atoms with Gasteiger partial charge in [0, 0.05) is 25.5 Å². The molecular formula is C17H19N3O2. The average molecular weight is 297 g/mol. The molecule has 0 fully saturated rings. The molecule has 0 bridgehead atoms. The van der Waals surface area contributed by atoms with Crippen molar-refractivity contribution < 1.29 is 9.47 Å². The number of aliphatic imine (C=N–C) groups is 1. The number of para-hydroxylation sites is 1. The number of benzene rings is 1. The van der Waals surface area contributed by atoms with Gasteiger partial charge in [-0.05, 0) is 36.2 Å². The van der Waals surface area contributed by atoms with Gasteiger partial charge in [0.15, 0.2) is 11.5 Å². The van der Waals surface area contributed by atoms with Crippen molar-refractivity contribution in [3.63, 3.8) is 0 Å². The quantitative estimate of drug-likeness (QED) is 0.921. The molecule has 0 spiro atoms. The Morgan fingerprint density at radius 2 is 2.05 bits per heavy atom. The summed E-state index contributed by atoms with van der Waals surface area (Å²) in [6.45, 7) is 2.23. The maximum absolute atomic E-state index is 6.02. The number of nitrogens with zero attached hydrogens (tertiary/aromatic N) is 2. The summed E-state index contributed by atoms with van der Waals surface area (Å²) in [6.07, 6.45) is 4.57. The van der Waals surface area contributed by atoms with E-state index in [0.29, 0.717) is 12.4 Å². The van der Waals surface area contributed by atoms with Crippen molar-refractivity contribution in [2.75, 3.05) is 20.2 Å². The number of rotatable bonds is 5. The molecule has 114 valence electrons.